The molecule has 2 rings (SSSR count). The van der Waals surface area contributed by atoms with Gasteiger partial charge in [-0.25, -0.2) is 4.39 Å². The van der Waals surface area contributed by atoms with E-state index in [0.29, 0.717) is 6.54 Å². The molecular weight excluding hydrogens is 153 g/mol. The van der Waals surface area contributed by atoms with Crippen molar-refractivity contribution in [1.29, 1.82) is 0 Å². The van der Waals surface area contributed by atoms with Crippen molar-refractivity contribution in [2.75, 3.05) is 19.6 Å². The molecule has 1 aliphatic heterocycles. The zero-order valence-corrected chi connectivity index (χ0v) is 7.85. The van der Waals surface area contributed by atoms with Crippen LogP contribution in [0.1, 0.15) is 32.6 Å². The first kappa shape index (κ1) is 8.49. The van der Waals surface area contributed by atoms with Crippen LogP contribution in [0.2, 0.25) is 0 Å². The molecule has 1 atom stereocenters. The fourth-order valence-corrected chi connectivity index (χ4v) is 2.12. The van der Waals surface area contributed by atoms with Gasteiger partial charge in [-0.05, 0) is 45.1 Å². The summed E-state index contributed by atoms with van der Waals surface area (Å²) >= 11 is 0. The second-order valence-electron chi connectivity index (χ2n) is 4.70. The van der Waals surface area contributed by atoms with Gasteiger partial charge in [-0.1, -0.05) is 0 Å². The van der Waals surface area contributed by atoms with Gasteiger partial charge in [0.05, 0.1) is 0 Å². The van der Waals surface area contributed by atoms with Gasteiger partial charge in [0, 0.05) is 13.1 Å². The lowest BCUT2D eigenvalue weighted by molar-refractivity contribution is 0.0580. The first-order valence-electron chi connectivity index (χ1n) is 5.07. The molecule has 0 amide bonds. The minimum Gasteiger partial charge on any atom is -0.300 e. The Morgan fingerprint density at radius 3 is 2.83 bits per heavy atom. The highest BCUT2D eigenvalue weighted by Crippen LogP contribution is 2.32. The molecule has 0 aromatic rings. The van der Waals surface area contributed by atoms with Crippen molar-refractivity contribution in [3.05, 3.63) is 0 Å². The van der Waals surface area contributed by atoms with Crippen molar-refractivity contribution in [2.24, 2.45) is 5.92 Å². The summed E-state index contributed by atoms with van der Waals surface area (Å²) in [7, 11) is 0. The lowest BCUT2D eigenvalue weighted by Gasteiger charge is -2.35. The Labute approximate surface area is 73.9 Å². The number of hydrogen-bond acceptors (Lipinski definition) is 1. The van der Waals surface area contributed by atoms with Gasteiger partial charge in [0.1, 0.15) is 5.67 Å². The maximum absolute atomic E-state index is 13.6. The van der Waals surface area contributed by atoms with Gasteiger partial charge in [-0.2, -0.15) is 0 Å². The molecule has 2 fully saturated rings. The molecule has 2 heteroatoms. The Balaban J connectivity index is 1.81. The molecule has 0 aromatic heterocycles. The molecule has 1 saturated heterocycles. The van der Waals surface area contributed by atoms with Gasteiger partial charge < -0.3 is 0 Å². The van der Waals surface area contributed by atoms with Crippen molar-refractivity contribution < 1.29 is 4.39 Å². The highest BCUT2D eigenvalue weighted by molar-refractivity contribution is 4.86. The first-order chi connectivity index (χ1) is 5.66. The largest absolute Gasteiger partial charge is 0.300 e. The van der Waals surface area contributed by atoms with E-state index < -0.39 is 5.67 Å². The van der Waals surface area contributed by atoms with E-state index in [1.165, 1.54) is 12.8 Å². The monoisotopic (exact) mass is 171 g/mol. The van der Waals surface area contributed by atoms with Crippen LogP contribution < -0.4 is 0 Å². The predicted molar refractivity (Wildman–Crippen MR) is 47.9 cm³/mol. The highest BCUT2D eigenvalue weighted by atomic mass is 19.1. The topological polar surface area (TPSA) is 3.24 Å². The molecule has 70 valence electrons. The minimum atomic E-state index is -0.910. The second kappa shape index (κ2) is 2.99. The van der Waals surface area contributed by atoms with Crippen LogP contribution in [0.4, 0.5) is 4.39 Å². The number of halogens is 1. The Morgan fingerprint density at radius 1 is 1.50 bits per heavy atom. The van der Waals surface area contributed by atoms with Crippen molar-refractivity contribution in [3.63, 3.8) is 0 Å². The molecule has 0 spiro atoms. The van der Waals surface area contributed by atoms with E-state index in [1.807, 2.05) is 0 Å². The Hall–Kier alpha value is -0.110. The summed E-state index contributed by atoms with van der Waals surface area (Å²) in [6.07, 6.45) is 4.55. The van der Waals surface area contributed by atoms with Gasteiger partial charge in [-0.15, -0.1) is 0 Å². The Bertz CT molecular complexity index is 163. The summed E-state index contributed by atoms with van der Waals surface area (Å²) < 4.78 is 13.6. The molecule has 0 aromatic carbocycles. The van der Waals surface area contributed by atoms with E-state index in [9.17, 15) is 4.39 Å². The Morgan fingerprint density at radius 2 is 2.25 bits per heavy atom. The molecular formula is C10H18FN. The normalized spacial score (nSPS) is 38.5. The van der Waals surface area contributed by atoms with Gasteiger partial charge in [0.2, 0.25) is 0 Å². The first-order valence-corrected chi connectivity index (χ1v) is 5.07. The molecule has 0 bridgehead atoms. The molecule has 0 N–H and O–H groups in total. The number of hydrogen-bond donors (Lipinski definition) is 0. The van der Waals surface area contributed by atoms with Crippen molar-refractivity contribution in [1.82, 2.24) is 4.90 Å². The summed E-state index contributed by atoms with van der Waals surface area (Å²) in [4.78, 5) is 2.31. The number of likely N-dealkylation sites (tertiary alicyclic amines) is 1. The molecule has 12 heavy (non-hydrogen) atoms. The van der Waals surface area contributed by atoms with Crippen LogP contribution in [0.15, 0.2) is 0 Å². The average molecular weight is 171 g/mol. The third-order valence-corrected chi connectivity index (χ3v) is 2.94. The lowest BCUT2D eigenvalue weighted by atomic mass is 9.97. The summed E-state index contributed by atoms with van der Waals surface area (Å²) in [5.74, 6) is 0.902. The van der Waals surface area contributed by atoms with Crippen LogP contribution in [0.3, 0.4) is 0 Å². The van der Waals surface area contributed by atoms with Gasteiger partial charge in [0.25, 0.3) is 0 Å². The van der Waals surface area contributed by atoms with Gasteiger partial charge >= 0.3 is 0 Å². The standard InChI is InChI=1S/C10H18FN/c1-10(11)5-2-6-12(8-10)7-9-3-4-9/h9H,2-8H2,1H3. The quantitative estimate of drug-likeness (QED) is 0.615. The van der Waals surface area contributed by atoms with Crippen LogP contribution in [0.25, 0.3) is 0 Å². The minimum absolute atomic E-state index is 0.670. The SMILES string of the molecule is CC1(F)CCCN(CC2CC2)C1. The number of piperidine rings is 1. The lowest BCUT2D eigenvalue weighted by Crippen LogP contribution is -2.44. The van der Waals surface area contributed by atoms with Crippen LogP contribution >= 0.6 is 0 Å². The van der Waals surface area contributed by atoms with Gasteiger partial charge in [-0.3, -0.25) is 4.90 Å². The van der Waals surface area contributed by atoms with Crippen LogP contribution in [0, 0.1) is 5.92 Å². The summed E-state index contributed by atoms with van der Waals surface area (Å²) in [6, 6.07) is 0. The predicted octanol–water partition coefficient (Wildman–Crippen LogP) is 2.22. The van der Waals surface area contributed by atoms with E-state index in [-0.39, 0.29) is 0 Å². The van der Waals surface area contributed by atoms with E-state index in [4.69, 9.17) is 0 Å². The molecule has 1 unspecified atom stereocenters. The highest BCUT2D eigenvalue weighted by Gasteiger charge is 2.33. The smallest absolute Gasteiger partial charge is 0.120 e. The molecule has 1 aliphatic carbocycles. The van der Waals surface area contributed by atoms with Crippen LogP contribution in [-0.2, 0) is 0 Å². The molecule has 0 radical (unpaired) electrons. The van der Waals surface area contributed by atoms with Crippen molar-refractivity contribution >= 4 is 0 Å². The average Bonchev–Trinajstić information content (AvgIpc) is 2.69. The number of nitrogens with zero attached hydrogens (tertiary/aromatic N) is 1. The summed E-state index contributed by atoms with van der Waals surface area (Å²) in [5, 5.41) is 0. The van der Waals surface area contributed by atoms with E-state index >= 15 is 0 Å². The third-order valence-electron chi connectivity index (χ3n) is 2.94. The van der Waals surface area contributed by atoms with E-state index in [1.54, 1.807) is 6.92 Å². The van der Waals surface area contributed by atoms with Crippen molar-refractivity contribution in [2.45, 2.75) is 38.3 Å². The van der Waals surface area contributed by atoms with Crippen molar-refractivity contribution in [3.8, 4) is 0 Å². The van der Waals surface area contributed by atoms with Crippen LogP contribution in [0.5, 0.6) is 0 Å². The molecule has 1 nitrogen and oxygen atoms in total. The van der Waals surface area contributed by atoms with Crippen LogP contribution in [-0.4, -0.2) is 30.2 Å². The number of rotatable bonds is 2. The van der Waals surface area contributed by atoms with Gasteiger partial charge in [0.15, 0.2) is 0 Å². The zero-order valence-electron chi connectivity index (χ0n) is 7.85. The molecule has 2 aliphatic rings. The Kier molecular flexibility index (Phi) is 2.11. The van der Waals surface area contributed by atoms with E-state index in [0.717, 1.165) is 31.8 Å². The second-order valence-corrected chi connectivity index (χ2v) is 4.70. The molecule has 1 heterocycles. The summed E-state index contributed by atoms with van der Waals surface area (Å²) in [6.45, 7) is 4.69. The third kappa shape index (κ3) is 2.19. The summed E-state index contributed by atoms with van der Waals surface area (Å²) in [5.41, 5.74) is -0.910. The fraction of sp³-hybridized carbons (Fsp3) is 1.00. The van der Waals surface area contributed by atoms with E-state index in [2.05, 4.69) is 4.90 Å². The maximum Gasteiger partial charge on any atom is 0.120 e. The fourth-order valence-electron chi connectivity index (χ4n) is 2.12. The zero-order chi connectivity index (χ0) is 8.60. The molecule has 1 saturated carbocycles. The maximum atomic E-state index is 13.6. The number of alkyl halides is 1.